The molecule has 2 aromatic carbocycles. The maximum atomic E-state index is 12.4. The summed E-state index contributed by atoms with van der Waals surface area (Å²) in [4.78, 5) is 24.8. The molecule has 6 nitrogen and oxygen atoms in total. The van der Waals surface area contributed by atoms with Crippen LogP contribution in [0.3, 0.4) is 0 Å². The van der Waals surface area contributed by atoms with E-state index in [1.807, 2.05) is 19.9 Å². The molecule has 0 saturated heterocycles. The predicted octanol–water partition coefficient (Wildman–Crippen LogP) is 4.33. The Kier molecular flexibility index (Phi) is 7.23. The Morgan fingerprint density at radius 3 is 1.89 bits per heavy atom. The van der Waals surface area contributed by atoms with Gasteiger partial charge in [-0.05, 0) is 25.0 Å². The summed E-state index contributed by atoms with van der Waals surface area (Å²) in [5.41, 5.74) is 1.50. The second-order valence-corrected chi connectivity index (χ2v) is 6.08. The van der Waals surface area contributed by atoms with Crippen LogP contribution in [0.25, 0.3) is 0 Å². The van der Waals surface area contributed by atoms with Crippen molar-refractivity contribution in [3.05, 3.63) is 48.0 Å². The van der Waals surface area contributed by atoms with Gasteiger partial charge < -0.3 is 20.1 Å². The average molecular weight is 370 g/mol. The number of ether oxygens (including phenoxy) is 2. The van der Waals surface area contributed by atoms with E-state index < -0.39 is 0 Å². The Bertz CT molecular complexity index is 786. The smallest absolute Gasteiger partial charge is 0.255 e. The maximum absolute atomic E-state index is 12.4. The van der Waals surface area contributed by atoms with Crippen molar-refractivity contribution in [2.45, 2.75) is 26.7 Å². The molecule has 2 amide bonds. The first-order chi connectivity index (χ1) is 13.0. The largest absolute Gasteiger partial charge is 0.494 e. The minimum Gasteiger partial charge on any atom is -0.494 e. The molecule has 0 fully saturated rings. The van der Waals surface area contributed by atoms with Crippen molar-refractivity contribution in [3.63, 3.8) is 0 Å². The molecule has 0 unspecified atom stereocenters. The van der Waals surface area contributed by atoms with Crippen LogP contribution in [-0.4, -0.2) is 26.0 Å². The van der Waals surface area contributed by atoms with Gasteiger partial charge in [-0.25, -0.2) is 0 Å². The fraction of sp³-hybridized carbons (Fsp3) is 0.333. The third-order valence-electron chi connectivity index (χ3n) is 4.42. The molecule has 0 atom stereocenters. The van der Waals surface area contributed by atoms with E-state index in [2.05, 4.69) is 10.6 Å². The normalized spacial score (nSPS) is 10.4. The quantitative estimate of drug-likeness (QED) is 0.725. The van der Waals surface area contributed by atoms with Crippen LogP contribution in [0.4, 0.5) is 11.4 Å². The molecule has 0 heterocycles. The van der Waals surface area contributed by atoms with Crippen molar-refractivity contribution in [1.82, 2.24) is 0 Å². The topological polar surface area (TPSA) is 76.7 Å². The highest BCUT2D eigenvalue weighted by molar-refractivity contribution is 6.05. The molecule has 2 aromatic rings. The second kappa shape index (κ2) is 9.62. The molecule has 0 radical (unpaired) electrons. The van der Waals surface area contributed by atoms with Gasteiger partial charge in [-0.15, -0.1) is 0 Å². The number of hydrogen-bond acceptors (Lipinski definition) is 4. The first kappa shape index (κ1) is 20.3. The number of hydrogen-bond donors (Lipinski definition) is 2. The molecule has 0 aromatic heterocycles. The number of rotatable bonds is 8. The Balaban J connectivity index is 2.30. The molecular formula is C21H26N2O4. The zero-order valence-electron chi connectivity index (χ0n) is 16.2. The molecule has 144 valence electrons. The van der Waals surface area contributed by atoms with Crippen LogP contribution in [0.2, 0.25) is 0 Å². The summed E-state index contributed by atoms with van der Waals surface area (Å²) in [6, 6.07) is 12.2. The highest BCUT2D eigenvalue weighted by Gasteiger charge is 2.19. The Hall–Kier alpha value is -3.02. The zero-order valence-corrected chi connectivity index (χ0v) is 16.2. The highest BCUT2D eigenvalue weighted by atomic mass is 16.5. The van der Waals surface area contributed by atoms with E-state index in [9.17, 15) is 9.59 Å². The standard InChI is InChI=1S/C21H26N2O4/c1-5-14(6-2)20(24)22-16-12-19(27-4)17(13-18(16)26-3)23-21(25)15-10-8-7-9-11-15/h7-14H,5-6H2,1-4H3,(H,22,24)(H,23,25). The number of benzene rings is 2. The van der Waals surface area contributed by atoms with Gasteiger partial charge in [-0.2, -0.15) is 0 Å². The van der Waals surface area contributed by atoms with Gasteiger partial charge in [0.15, 0.2) is 0 Å². The molecule has 0 aliphatic rings. The molecule has 27 heavy (non-hydrogen) atoms. The number of amides is 2. The number of methoxy groups -OCH3 is 2. The summed E-state index contributed by atoms with van der Waals surface area (Å²) >= 11 is 0. The van der Waals surface area contributed by atoms with Crippen LogP contribution < -0.4 is 20.1 Å². The highest BCUT2D eigenvalue weighted by Crippen LogP contribution is 2.37. The van der Waals surface area contributed by atoms with Crippen molar-refractivity contribution < 1.29 is 19.1 Å². The molecule has 0 aliphatic heterocycles. The van der Waals surface area contributed by atoms with Gasteiger partial charge in [0.2, 0.25) is 5.91 Å². The monoisotopic (exact) mass is 370 g/mol. The van der Waals surface area contributed by atoms with Crippen molar-refractivity contribution >= 4 is 23.2 Å². The van der Waals surface area contributed by atoms with Gasteiger partial charge >= 0.3 is 0 Å². The average Bonchev–Trinajstić information content (AvgIpc) is 2.70. The number of nitrogens with one attached hydrogen (secondary N) is 2. The first-order valence-electron chi connectivity index (χ1n) is 8.97. The predicted molar refractivity (Wildman–Crippen MR) is 107 cm³/mol. The maximum Gasteiger partial charge on any atom is 0.255 e. The lowest BCUT2D eigenvalue weighted by molar-refractivity contribution is -0.120. The Labute approximate surface area is 159 Å². The number of anilines is 2. The summed E-state index contributed by atoms with van der Waals surface area (Å²) in [7, 11) is 3.02. The number of carbonyl (C=O) groups excluding carboxylic acids is 2. The van der Waals surface area contributed by atoms with Gasteiger partial charge in [0.1, 0.15) is 11.5 Å². The van der Waals surface area contributed by atoms with E-state index in [1.165, 1.54) is 14.2 Å². The van der Waals surface area contributed by atoms with E-state index in [0.29, 0.717) is 28.4 Å². The van der Waals surface area contributed by atoms with Crippen molar-refractivity contribution in [2.75, 3.05) is 24.9 Å². The fourth-order valence-electron chi connectivity index (χ4n) is 2.77. The van der Waals surface area contributed by atoms with Gasteiger partial charge in [0.25, 0.3) is 5.91 Å². The zero-order chi connectivity index (χ0) is 19.8. The summed E-state index contributed by atoms with van der Waals surface area (Å²) in [6.07, 6.45) is 1.51. The van der Waals surface area contributed by atoms with E-state index in [4.69, 9.17) is 9.47 Å². The Morgan fingerprint density at radius 2 is 1.41 bits per heavy atom. The summed E-state index contributed by atoms with van der Waals surface area (Å²) < 4.78 is 10.8. The molecular weight excluding hydrogens is 344 g/mol. The van der Waals surface area contributed by atoms with Gasteiger partial charge in [0, 0.05) is 23.6 Å². The summed E-state index contributed by atoms with van der Waals surface area (Å²) in [5.74, 6) is 0.475. The Morgan fingerprint density at radius 1 is 0.889 bits per heavy atom. The molecule has 6 heteroatoms. The van der Waals surface area contributed by atoms with Crippen LogP contribution in [0, 0.1) is 5.92 Å². The molecule has 0 aliphatic carbocycles. The van der Waals surface area contributed by atoms with Crippen LogP contribution >= 0.6 is 0 Å². The molecule has 0 spiro atoms. The van der Waals surface area contributed by atoms with Crippen LogP contribution in [-0.2, 0) is 4.79 Å². The lowest BCUT2D eigenvalue weighted by atomic mass is 10.0. The van der Waals surface area contributed by atoms with E-state index >= 15 is 0 Å². The molecule has 0 bridgehead atoms. The van der Waals surface area contributed by atoms with Gasteiger partial charge in [-0.3, -0.25) is 9.59 Å². The van der Waals surface area contributed by atoms with Crippen molar-refractivity contribution in [1.29, 1.82) is 0 Å². The fourth-order valence-corrected chi connectivity index (χ4v) is 2.77. The molecule has 2 rings (SSSR count). The van der Waals surface area contributed by atoms with Crippen LogP contribution in [0.1, 0.15) is 37.0 Å². The SMILES string of the molecule is CCC(CC)C(=O)Nc1cc(OC)c(NC(=O)c2ccccc2)cc1OC. The van der Waals surface area contributed by atoms with E-state index in [1.54, 1.807) is 36.4 Å². The third-order valence-corrected chi connectivity index (χ3v) is 4.42. The second-order valence-electron chi connectivity index (χ2n) is 6.08. The summed E-state index contributed by atoms with van der Waals surface area (Å²) in [6.45, 7) is 3.96. The van der Waals surface area contributed by atoms with Gasteiger partial charge in [-0.1, -0.05) is 32.0 Å². The van der Waals surface area contributed by atoms with Crippen molar-refractivity contribution in [3.8, 4) is 11.5 Å². The van der Waals surface area contributed by atoms with Crippen LogP contribution in [0.15, 0.2) is 42.5 Å². The van der Waals surface area contributed by atoms with Crippen LogP contribution in [0.5, 0.6) is 11.5 Å². The van der Waals surface area contributed by atoms with E-state index in [0.717, 1.165) is 12.8 Å². The van der Waals surface area contributed by atoms with Gasteiger partial charge in [0.05, 0.1) is 25.6 Å². The molecule has 2 N–H and O–H groups in total. The molecule has 0 saturated carbocycles. The van der Waals surface area contributed by atoms with Crippen molar-refractivity contribution in [2.24, 2.45) is 5.92 Å². The first-order valence-corrected chi connectivity index (χ1v) is 8.97. The number of carbonyl (C=O) groups is 2. The lowest BCUT2D eigenvalue weighted by Gasteiger charge is -2.18. The lowest BCUT2D eigenvalue weighted by Crippen LogP contribution is -2.22. The van der Waals surface area contributed by atoms with E-state index in [-0.39, 0.29) is 17.7 Å². The third kappa shape index (κ3) is 5.00. The minimum absolute atomic E-state index is 0.0681. The summed E-state index contributed by atoms with van der Waals surface area (Å²) in [5, 5.41) is 5.72. The minimum atomic E-state index is -0.259.